The van der Waals surface area contributed by atoms with Crippen molar-refractivity contribution in [3.8, 4) is 10.6 Å². The molecule has 0 saturated heterocycles. The number of hydrogen-bond donors (Lipinski definition) is 2. The second-order valence-electron chi connectivity index (χ2n) is 6.75. The van der Waals surface area contributed by atoms with Crippen LogP contribution in [0, 0.1) is 0 Å². The van der Waals surface area contributed by atoms with Gasteiger partial charge < -0.3 is 15.4 Å². The third kappa shape index (κ3) is 7.36. The van der Waals surface area contributed by atoms with Gasteiger partial charge in [0.25, 0.3) is 0 Å². The van der Waals surface area contributed by atoms with Gasteiger partial charge >= 0.3 is 6.09 Å². The van der Waals surface area contributed by atoms with Crippen LogP contribution in [0.3, 0.4) is 0 Å². The van der Waals surface area contributed by atoms with E-state index in [0.717, 1.165) is 10.6 Å². The first kappa shape index (κ1) is 21.5. The summed E-state index contributed by atoms with van der Waals surface area (Å²) in [5.41, 5.74) is 0.287. The minimum absolute atomic E-state index is 0.174. The maximum atomic E-state index is 12.0. The summed E-state index contributed by atoms with van der Waals surface area (Å²) in [6.07, 6.45) is 0.262. The van der Waals surface area contributed by atoms with E-state index in [0.29, 0.717) is 28.8 Å². The van der Waals surface area contributed by atoms with Crippen molar-refractivity contribution in [3.63, 3.8) is 0 Å². The van der Waals surface area contributed by atoms with Gasteiger partial charge in [0.1, 0.15) is 16.4 Å². The van der Waals surface area contributed by atoms with Gasteiger partial charge in [0, 0.05) is 23.9 Å². The van der Waals surface area contributed by atoms with E-state index in [1.807, 2.05) is 6.07 Å². The normalized spacial score (nSPS) is 11.1. The van der Waals surface area contributed by atoms with E-state index >= 15 is 0 Å². The van der Waals surface area contributed by atoms with Crippen LogP contribution in [0.4, 0.5) is 10.6 Å². The monoisotopic (exact) mass is 429 g/mol. The molecule has 1 aromatic carbocycles. The molecular weight excluding hydrogens is 409 g/mol. The zero-order valence-corrected chi connectivity index (χ0v) is 17.6. The lowest BCUT2D eigenvalue weighted by Gasteiger charge is -2.19. The minimum atomic E-state index is -0.544. The predicted molar refractivity (Wildman–Crippen MR) is 110 cm³/mol. The van der Waals surface area contributed by atoms with E-state index in [9.17, 15) is 9.59 Å². The summed E-state index contributed by atoms with van der Waals surface area (Å²) in [6, 6.07) is 5.26. The highest BCUT2D eigenvalue weighted by molar-refractivity contribution is 7.13. The van der Waals surface area contributed by atoms with E-state index in [4.69, 9.17) is 27.9 Å². The van der Waals surface area contributed by atoms with Crippen LogP contribution >= 0.6 is 34.5 Å². The van der Waals surface area contributed by atoms with Gasteiger partial charge in [0.05, 0.1) is 10.0 Å². The third-order valence-electron chi connectivity index (χ3n) is 3.19. The fourth-order valence-electron chi connectivity index (χ4n) is 2.05. The van der Waals surface area contributed by atoms with Crippen LogP contribution in [0.2, 0.25) is 10.0 Å². The number of rotatable bonds is 6. The van der Waals surface area contributed by atoms with Gasteiger partial charge in [-0.05, 0) is 39.3 Å². The van der Waals surface area contributed by atoms with Crippen LogP contribution < -0.4 is 10.6 Å². The quantitative estimate of drug-likeness (QED) is 0.605. The van der Waals surface area contributed by atoms with E-state index in [1.165, 1.54) is 11.3 Å². The number of amides is 2. The number of thiazole rings is 1. The molecule has 0 spiro atoms. The zero-order valence-electron chi connectivity index (χ0n) is 15.3. The number of halogens is 2. The molecule has 2 aromatic rings. The summed E-state index contributed by atoms with van der Waals surface area (Å²) in [5.74, 6) is 0.304. The molecule has 0 aliphatic heterocycles. The molecule has 1 heterocycles. The molecule has 2 rings (SSSR count). The number of hydrogen-bond acceptors (Lipinski definition) is 5. The summed E-state index contributed by atoms with van der Waals surface area (Å²) < 4.78 is 5.12. The first-order chi connectivity index (χ1) is 12.6. The Hall–Kier alpha value is -1.83. The molecule has 146 valence electrons. The molecule has 6 nitrogen and oxygen atoms in total. The van der Waals surface area contributed by atoms with Crippen molar-refractivity contribution in [1.82, 2.24) is 10.3 Å². The van der Waals surface area contributed by atoms with Crippen molar-refractivity contribution >= 4 is 52.4 Å². The maximum Gasteiger partial charge on any atom is 0.407 e. The van der Waals surface area contributed by atoms with Crippen LogP contribution in [0.25, 0.3) is 10.6 Å². The first-order valence-corrected chi connectivity index (χ1v) is 9.95. The predicted octanol–water partition coefficient (Wildman–Crippen LogP) is 5.36. The lowest BCUT2D eigenvalue weighted by atomic mass is 10.2. The summed E-state index contributed by atoms with van der Waals surface area (Å²) in [4.78, 5) is 27.9. The number of ether oxygens (including phenoxy) is 1. The van der Waals surface area contributed by atoms with Crippen LogP contribution in [0.1, 0.15) is 33.6 Å². The molecule has 0 saturated carbocycles. The molecule has 2 amide bonds. The van der Waals surface area contributed by atoms with Crippen molar-refractivity contribution in [2.24, 2.45) is 0 Å². The molecule has 1 aromatic heterocycles. The Balaban J connectivity index is 1.77. The summed E-state index contributed by atoms with van der Waals surface area (Å²) in [5, 5.41) is 8.78. The average molecular weight is 430 g/mol. The molecule has 2 N–H and O–H groups in total. The van der Waals surface area contributed by atoms with E-state index in [2.05, 4.69) is 15.6 Å². The smallest absolute Gasteiger partial charge is 0.407 e. The fourth-order valence-corrected chi connectivity index (χ4v) is 3.10. The number of aromatic nitrogens is 1. The van der Waals surface area contributed by atoms with E-state index in [1.54, 1.807) is 38.3 Å². The summed E-state index contributed by atoms with van der Waals surface area (Å²) in [6.45, 7) is 5.73. The first-order valence-electron chi connectivity index (χ1n) is 8.32. The Bertz CT molecular complexity index is 818. The van der Waals surface area contributed by atoms with Crippen molar-refractivity contribution in [3.05, 3.63) is 33.6 Å². The second-order valence-corrected chi connectivity index (χ2v) is 8.42. The number of benzene rings is 1. The Morgan fingerprint density at radius 3 is 2.63 bits per heavy atom. The largest absolute Gasteiger partial charge is 0.444 e. The highest BCUT2D eigenvalue weighted by Crippen LogP contribution is 2.31. The van der Waals surface area contributed by atoms with Gasteiger partial charge in [-0.25, -0.2) is 9.78 Å². The molecule has 0 radical (unpaired) electrons. The number of carbonyl (C=O) groups excluding carboxylic acids is 2. The lowest BCUT2D eigenvalue weighted by Crippen LogP contribution is -2.33. The topological polar surface area (TPSA) is 80.3 Å². The zero-order chi connectivity index (χ0) is 20.0. The molecule has 0 atom stereocenters. The number of anilines is 1. The Morgan fingerprint density at radius 2 is 1.96 bits per heavy atom. The standard InChI is InChI=1S/C18H21Cl2N3O3S/c1-18(2,3)26-17(25)21-8-4-5-15(24)22-14-10-27-16(23-14)11-6-7-12(19)13(20)9-11/h6-7,9-10H,4-5,8H2,1-3H3,(H,21,25)(H,22,24). The average Bonchev–Trinajstić information content (AvgIpc) is 3.01. The van der Waals surface area contributed by atoms with Crippen LogP contribution in [0.15, 0.2) is 23.6 Å². The van der Waals surface area contributed by atoms with Gasteiger partial charge in [0.15, 0.2) is 0 Å². The van der Waals surface area contributed by atoms with Crippen LogP contribution in [-0.2, 0) is 9.53 Å². The van der Waals surface area contributed by atoms with Crippen molar-refractivity contribution in [1.29, 1.82) is 0 Å². The summed E-state index contributed by atoms with van der Waals surface area (Å²) in [7, 11) is 0. The Kier molecular flexibility index (Phi) is 7.47. The van der Waals surface area contributed by atoms with Gasteiger partial charge in [-0.3, -0.25) is 4.79 Å². The number of nitrogens with zero attached hydrogens (tertiary/aromatic N) is 1. The lowest BCUT2D eigenvalue weighted by molar-refractivity contribution is -0.116. The molecule has 0 unspecified atom stereocenters. The minimum Gasteiger partial charge on any atom is -0.444 e. The van der Waals surface area contributed by atoms with Gasteiger partial charge in [-0.2, -0.15) is 0 Å². The fraction of sp³-hybridized carbons (Fsp3) is 0.389. The molecule has 27 heavy (non-hydrogen) atoms. The SMILES string of the molecule is CC(C)(C)OC(=O)NCCCC(=O)Nc1csc(-c2ccc(Cl)c(Cl)c2)n1. The molecule has 9 heteroatoms. The van der Waals surface area contributed by atoms with Crippen LogP contribution in [-0.4, -0.2) is 29.1 Å². The van der Waals surface area contributed by atoms with Gasteiger partial charge in [-0.15, -0.1) is 11.3 Å². The van der Waals surface area contributed by atoms with Gasteiger partial charge in [-0.1, -0.05) is 29.3 Å². The van der Waals surface area contributed by atoms with E-state index in [-0.39, 0.29) is 12.3 Å². The number of alkyl carbamates (subject to hydrolysis) is 1. The maximum absolute atomic E-state index is 12.0. The van der Waals surface area contributed by atoms with Gasteiger partial charge in [0.2, 0.25) is 5.91 Å². The Morgan fingerprint density at radius 1 is 1.22 bits per heavy atom. The van der Waals surface area contributed by atoms with Crippen molar-refractivity contribution in [2.75, 3.05) is 11.9 Å². The Labute approximate surface area is 172 Å². The van der Waals surface area contributed by atoms with E-state index < -0.39 is 11.7 Å². The molecule has 0 fully saturated rings. The van der Waals surface area contributed by atoms with Crippen molar-refractivity contribution in [2.45, 2.75) is 39.2 Å². The third-order valence-corrected chi connectivity index (χ3v) is 4.82. The van der Waals surface area contributed by atoms with Crippen LogP contribution in [0.5, 0.6) is 0 Å². The molecule has 0 aliphatic carbocycles. The number of carbonyl (C=O) groups is 2. The van der Waals surface area contributed by atoms with Crippen molar-refractivity contribution < 1.29 is 14.3 Å². The molecular formula is C18H21Cl2N3O3S. The highest BCUT2D eigenvalue weighted by atomic mass is 35.5. The molecule has 0 bridgehead atoms. The highest BCUT2D eigenvalue weighted by Gasteiger charge is 2.15. The number of nitrogens with one attached hydrogen (secondary N) is 2. The second kappa shape index (κ2) is 9.39. The molecule has 0 aliphatic rings. The summed E-state index contributed by atoms with van der Waals surface area (Å²) >= 11 is 13.3.